The highest BCUT2D eigenvalue weighted by Crippen LogP contribution is 2.10. The maximum absolute atomic E-state index is 11.5. The maximum Gasteiger partial charge on any atom is 0.260 e. The summed E-state index contributed by atoms with van der Waals surface area (Å²) in [5, 5.41) is 3.97. The van der Waals surface area contributed by atoms with Crippen LogP contribution in [-0.2, 0) is 17.1 Å². The lowest BCUT2D eigenvalue weighted by Crippen LogP contribution is -2.24. The lowest BCUT2D eigenvalue weighted by Gasteiger charge is -2.00. The molecule has 13 heavy (non-hydrogen) atoms. The van der Waals surface area contributed by atoms with Crippen molar-refractivity contribution < 1.29 is 8.42 Å². The van der Waals surface area contributed by atoms with Crippen LogP contribution in [0, 0.1) is 6.92 Å². The normalized spacial score (nSPS) is 11.9. The Morgan fingerprint density at radius 3 is 2.62 bits per heavy atom. The van der Waals surface area contributed by atoms with Crippen LogP contribution < -0.4 is 4.72 Å². The van der Waals surface area contributed by atoms with Gasteiger partial charge in [0.1, 0.15) is 0 Å². The molecule has 74 valence electrons. The van der Waals surface area contributed by atoms with Gasteiger partial charge in [0.2, 0.25) is 0 Å². The van der Waals surface area contributed by atoms with Gasteiger partial charge in [-0.25, -0.2) is 13.1 Å². The number of aryl methyl sites for hydroxylation is 2. The molecular formula is C7H13N3O2S. The molecule has 1 aromatic rings. The highest BCUT2D eigenvalue weighted by molar-refractivity contribution is 7.89. The molecule has 1 aromatic heterocycles. The predicted molar refractivity (Wildman–Crippen MR) is 48.8 cm³/mol. The van der Waals surface area contributed by atoms with Crippen LogP contribution in [0.3, 0.4) is 0 Å². The molecule has 0 spiro atoms. The van der Waals surface area contributed by atoms with Crippen molar-refractivity contribution in [2.45, 2.75) is 18.9 Å². The van der Waals surface area contributed by atoms with Crippen molar-refractivity contribution >= 4 is 10.0 Å². The highest BCUT2D eigenvalue weighted by Gasteiger charge is 2.18. The van der Waals surface area contributed by atoms with Gasteiger partial charge in [-0.15, -0.1) is 0 Å². The molecule has 0 fully saturated rings. The minimum absolute atomic E-state index is 0.108. The molecule has 0 bridgehead atoms. The molecule has 0 radical (unpaired) electrons. The van der Waals surface area contributed by atoms with Gasteiger partial charge in [-0.1, -0.05) is 6.92 Å². The Labute approximate surface area is 77.8 Å². The van der Waals surface area contributed by atoms with Gasteiger partial charge in [0.15, 0.2) is 5.03 Å². The van der Waals surface area contributed by atoms with Gasteiger partial charge in [0.25, 0.3) is 10.0 Å². The van der Waals surface area contributed by atoms with E-state index in [9.17, 15) is 8.42 Å². The van der Waals surface area contributed by atoms with Crippen LogP contribution in [0.1, 0.15) is 12.5 Å². The zero-order valence-corrected chi connectivity index (χ0v) is 8.72. The maximum atomic E-state index is 11.5. The summed E-state index contributed by atoms with van der Waals surface area (Å²) in [6.07, 6.45) is 1.67. The van der Waals surface area contributed by atoms with E-state index in [1.54, 1.807) is 27.1 Å². The summed E-state index contributed by atoms with van der Waals surface area (Å²) in [4.78, 5) is 0. The molecule has 0 saturated heterocycles. The first kappa shape index (κ1) is 10.2. The molecule has 0 aliphatic carbocycles. The fourth-order valence-electron chi connectivity index (χ4n) is 1.11. The fraction of sp³-hybridized carbons (Fsp3) is 0.571. The van der Waals surface area contributed by atoms with E-state index in [1.165, 1.54) is 4.68 Å². The smallest absolute Gasteiger partial charge is 0.260 e. The first-order valence-corrected chi connectivity index (χ1v) is 5.45. The third-order valence-electron chi connectivity index (χ3n) is 1.56. The molecule has 1 rings (SSSR count). The van der Waals surface area contributed by atoms with Gasteiger partial charge in [-0.2, -0.15) is 5.10 Å². The lowest BCUT2D eigenvalue weighted by atomic mass is 10.4. The van der Waals surface area contributed by atoms with Crippen LogP contribution >= 0.6 is 0 Å². The van der Waals surface area contributed by atoms with Crippen molar-refractivity contribution in [1.82, 2.24) is 14.5 Å². The van der Waals surface area contributed by atoms with E-state index in [1.807, 2.05) is 0 Å². The summed E-state index contributed by atoms with van der Waals surface area (Å²) in [7, 11) is -1.71. The Bertz CT molecular complexity index is 394. The van der Waals surface area contributed by atoms with Gasteiger partial charge in [-0.3, -0.25) is 4.68 Å². The average molecular weight is 203 g/mol. The number of sulfonamides is 1. The van der Waals surface area contributed by atoms with Gasteiger partial charge in [0, 0.05) is 25.4 Å². The minimum Gasteiger partial charge on any atom is -0.274 e. The predicted octanol–water partition coefficient (Wildman–Crippen LogP) is 0.0267. The van der Waals surface area contributed by atoms with Crippen LogP contribution in [0.5, 0.6) is 0 Å². The van der Waals surface area contributed by atoms with E-state index >= 15 is 0 Å². The molecule has 0 aliphatic rings. The van der Waals surface area contributed by atoms with Gasteiger partial charge >= 0.3 is 0 Å². The summed E-state index contributed by atoms with van der Waals surface area (Å²) >= 11 is 0. The first-order valence-electron chi connectivity index (χ1n) is 3.97. The topological polar surface area (TPSA) is 64.0 Å². The van der Waals surface area contributed by atoms with Crippen LogP contribution in [0.4, 0.5) is 0 Å². The van der Waals surface area contributed by atoms with E-state index in [4.69, 9.17) is 0 Å². The second kappa shape index (κ2) is 3.47. The molecule has 1 N–H and O–H groups in total. The summed E-state index contributed by atoms with van der Waals surface area (Å²) in [5.74, 6) is 0. The number of hydrogen-bond donors (Lipinski definition) is 1. The summed E-state index contributed by atoms with van der Waals surface area (Å²) in [6.45, 7) is 3.82. The summed E-state index contributed by atoms with van der Waals surface area (Å²) < 4.78 is 26.8. The first-order chi connectivity index (χ1) is 5.97. The molecule has 0 saturated carbocycles. The molecule has 5 nitrogen and oxygen atoms in total. The van der Waals surface area contributed by atoms with Gasteiger partial charge in [0.05, 0.1) is 0 Å². The zero-order chi connectivity index (χ0) is 10.1. The Morgan fingerprint density at radius 2 is 2.23 bits per heavy atom. The quantitative estimate of drug-likeness (QED) is 0.753. The van der Waals surface area contributed by atoms with E-state index in [2.05, 4.69) is 9.82 Å². The van der Waals surface area contributed by atoms with Gasteiger partial charge in [-0.05, 0) is 6.92 Å². The van der Waals surface area contributed by atoms with Crippen LogP contribution in [-0.4, -0.2) is 24.7 Å². The van der Waals surface area contributed by atoms with Crippen molar-refractivity contribution in [2.75, 3.05) is 6.54 Å². The van der Waals surface area contributed by atoms with Crippen molar-refractivity contribution in [1.29, 1.82) is 0 Å². The Morgan fingerprint density at radius 1 is 1.62 bits per heavy atom. The minimum atomic E-state index is -3.40. The number of nitrogens with zero attached hydrogens (tertiary/aromatic N) is 2. The van der Waals surface area contributed by atoms with E-state index in [0.717, 1.165) is 0 Å². The molecule has 0 amide bonds. The molecule has 1 heterocycles. The largest absolute Gasteiger partial charge is 0.274 e. The second-order valence-electron chi connectivity index (χ2n) is 2.79. The van der Waals surface area contributed by atoms with Crippen molar-refractivity contribution in [3.63, 3.8) is 0 Å². The third-order valence-corrected chi connectivity index (χ3v) is 3.14. The molecular weight excluding hydrogens is 190 g/mol. The van der Waals surface area contributed by atoms with E-state index < -0.39 is 10.0 Å². The number of rotatable bonds is 3. The average Bonchev–Trinajstić information content (AvgIpc) is 2.30. The zero-order valence-electron chi connectivity index (χ0n) is 7.90. The molecule has 0 unspecified atom stereocenters. The Hall–Kier alpha value is -0.880. The monoisotopic (exact) mass is 203 g/mol. The molecule has 0 aliphatic heterocycles. The molecule has 0 atom stereocenters. The van der Waals surface area contributed by atoms with Crippen LogP contribution in [0.25, 0.3) is 0 Å². The van der Waals surface area contributed by atoms with Gasteiger partial charge < -0.3 is 0 Å². The van der Waals surface area contributed by atoms with Crippen molar-refractivity contribution in [2.24, 2.45) is 7.05 Å². The Kier molecular flexibility index (Phi) is 2.72. The molecule has 0 aromatic carbocycles. The SMILES string of the molecule is CCNS(=O)(=O)c1nn(C)cc1C. The number of hydrogen-bond acceptors (Lipinski definition) is 3. The third kappa shape index (κ3) is 2.07. The van der Waals surface area contributed by atoms with Crippen LogP contribution in [0.2, 0.25) is 0 Å². The fourth-order valence-corrected chi connectivity index (χ4v) is 2.34. The molecule has 6 heteroatoms. The number of nitrogens with one attached hydrogen (secondary N) is 1. The van der Waals surface area contributed by atoms with E-state index in [-0.39, 0.29) is 5.03 Å². The lowest BCUT2D eigenvalue weighted by molar-refractivity contribution is 0.575. The highest BCUT2D eigenvalue weighted by atomic mass is 32.2. The summed E-state index contributed by atoms with van der Waals surface area (Å²) in [6, 6.07) is 0. The Balaban J connectivity index is 3.14. The number of aromatic nitrogens is 2. The second-order valence-corrected chi connectivity index (χ2v) is 4.47. The van der Waals surface area contributed by atoms with Crippen molar-refractivity contribution in [3.8, 4) is 0 Å². The van der Waals surface area contributed by atoms with Crippen molar-refractivity contribution in [3.05, 3.63) is 11.8 Å². The summed E-state index contributed by atoms with van der Waals surface area (Å²) in [5.41, 5.74) is 0.656. The van der Waals surface area contributed by atoms with E-state index in [0.29, 0.717) is 12.1 Å². The van der Waals surface area contributed by atoms with Crippen LogP contribution in [0.15, 0.2) is 11.2 Å². The standard InChI is InChI=1S/C7H13N3O2S/c1-4-8-13(11,12)7-6(2)5-10(3)9-7/h5,8H,4H2,1-3H3.